The molecule has 106 valence electrons. The van der Waals surface area contributed by atoms with Gasteiger partial charge in [0.1, 0.15) is 11.6 Å². The molecule has 0 aromatic heterocycles. The molecule has 1 N–H and O–H groups in total. The molecule has 0 aromatic carbocycles. The zero-order valence-electron chi connectivity index (χ0n) is 11.4. The van der Waals surface area contributed by atoms with Gasteiger partial charge in [-0.2, -0.15) is 0 Å². The molecular weight excluding hydrogens is 258 g/mol. The van der Waals surface area contributed by atoms with Crippen molar-refractivity contribution in [3.05, 3.63) is 0 Å². The highest BCUT2D eigenvalue weighted by molar-refractivity contribution is 6.17. The van der Waals surface area contributed by atoms with Crippen molar-refractivity contribution < 1.29 is 19.1 Å². The number of hydrogen-bond acceptors (Lipinski definition) is 5. The Balaban J connectivity index is 4.43. The van der Waals surface area contributed by atoms with E-state index in [-0.39, 0.29) is 6.42 Å². The molecule has 0 aliphatic carbocycles. The van der Waals surface area contributed by atoms with Gasteiger partial charge in [-0.25, -0.2) is 0 Å². The maximum Gasteiger partial charge on any atom is 0.324 e. The van der Waals surface area contributed by atoms with E-state index in [1.54, 1.807) is 20.8 Å². The second-order valence-electron chi connectivity index (χ2n) is 4.86. The first-order valence-electron chi connectivity index (χ1n) is 5.89. The van der Waals surface area contributed by atoms with Crippen LogP contribution in [0.5, 0.6) is 0 Å². The molecule has 0 spiro atoms. The zero-order chi connectivity index (χ0) is 14.2. The fourth-order valence-corrected chi connectivity index (χ4v) is 1.34. The highest BCUT2D eigenvalue weighted by atomic mass is 35.5. The van der Waals surface area contributed by atoms with Crippen LogP contribution in [0, 0.1) is 0 Å². The van der Waals surface area contributed by atoms with E-state index in [2.05, 4.69) is 10.1 Å². The number of carbonyl (C=O) groups excluding carboxylic acids is 2. The average molecular weight is 280 g/mol. The first kappa shape index (κ1) is 17.2. The number of alkyl halides is 1. The SMILES string of the molecule is COC(=O)C[C@@H](NCCCCl)C(=O)OC(C)(C)C. The van der Waals surface area contributed by atoms with Crippen molar-refractivity contribution in [1.82, 2.24) is 5.32 Å². The molecule has 0 rings (SSSR count). The molecule has 1 atom stereocenters. The second-order valence-corrected chi connectivity index (χ2v) is 5.24. The van der Waals surface area contributed by atoms with E-state index in [0.29, 0.717) is 18.8 Å². The van der Waals surface area contributed by atoms with E-state index in [4.69, 9.17) is 16.3 Å². The summed E-state index contributed by atoms with van der Waals surface area (Å²) in [6.07, 6.45) is 0.662. The molecule has 5 nitrogen and oxygen atoms in total. The maximum absolute atomic E-state index is 11.9. The van der Waals surface area contributed by atoms with Crippen molar-refractivity contribution in [2.75, 3.05) is 19.5 Å². The van der Waals surface area contributed by atoms with Crippen molar-refractivity contribution in [3.63, 3.8) is 0 Å². The van der Waals surface area contributed by atoms with Gasteiger partial charge in [0.25, 0.3) is 0 Å². The number of hydrogen-bond donors (Lipinski definition) is 1. The molecule has 18 heavy (non-hydrogen) atoms. The van der Waals surface area contributed by atoms with Gasteiger partial charge in [-0.15, -0.1) is 11.6 Å². The lowest BCUT2D eigenvalue weighted by Gasteiger charge is -2.24. The summed E-state index contributed by atoms with van der Waals surface area (Å²) >= 11 is 5.56. The lowest BCUT2D eigenvalue weighted by Crippen LogP contribution is -2.43. The van der Waals surface area contributed by atoms with E-state index < -0.39 is 23.6 Å². The number of rotatable bonds is 7. The summed E-state index contributed by atoms with van der Waals surface area (Å²) < 4.78 is 9.79. The molecule has 0 aliphatic rings. The van der Waals surface area contributed by atoms with Crippen LogP contribution in [0.1, 0.15) is 33.6 Å². The van der Waals surface area contributed by atoms with Gasteiger partial charge >= 0.3 is 11.9 Å². The fourth-order valence-electron chi connectivity index (χ4n) is 1.20. The molecule has 0 unspecified atom stereocenters. The largest absolute Gasteiger partial charge is 0.469 e. The Kier molecular flexibility index (Phi) is 7.95. The summed E-state index contributed by atoms with van der Waals surface area (Å²) in [6.45, 7) is 5.88. The lowest BCUT2D eigenvalue weighted by atomic mass is 10.1. The molecule has 0 heterocycles. The number of carbonyl (C=O) groups is 2. The number of methoxy groups -OCH3 is 1. The summed E-state index contributed by atoms with van der Waals surface area (Å²) in [5.41, 5.74) is -0.584. The van der Waals surface area contributed by atoms with Gasteiger partial charge in [0, 0.05) is 5.88 Å². The number of nitrogens with one attached hydrogen (secondary N) is 1. The summed E-state index contributed by atoms with van der Waals surface area (Å²) in [4.78, 5) is 23.1. The minimum atomic E-state index is -0.695. The molecule has 6 heteroatoms. The molecule has 0 fully saturated rings. The van der Waals surface area contributed by atoms with Crippen molar-refractivity contribution in [2.24, 2.45) is 0 Å². The standard InChI is InChI=1S/C12H22ClNO4/c1-12(2,3)18-11(16)9(8-10(15)17-4)14-7-5-6-13/h9,14H,5-8H2,1-4H3/t9-/m1/s1. The molecule has 0 aliphatic heterocycles. The lowest BCUT2D eigenvalue weighted by molar-refractivity contribution is -0.160. The molecule has 0 amide bonds. The van der Waals surface area contributed by atoms with Gasteiger partial charge in [0.15, 0.2) is 0 Å². The van der Waals surface area contributed by atoms with Crippen LogP contribution in [-0.2, 0) is 19.1 Å². The first-order valence-corrected chi connectivity index (χ1v) is 6.42. The van der Waals surface area contributed by atoms with Crippen molar-refractivity contribution in [2.45, 2.75) is 45.3 Å². The maximum atomic E-state index is 11.9. The van der Waals surface area contributed by atoms with Crippen LogP contribution < -0.4 is 5.32 Å². The Hall–Kier alpha value is -0.810. The Morgan fingerprint density at radius 1 is 1.33 bits per heavy atom. The van der Waals surface area contributed by atoms with Gasteiger partial charge in [-0.1, -0.05) is 0 Å². The predicted octanol–water partition coefficient (Wildman–Crippen LogP) is 1.48. The molecule has 0 radical (unpaired) electrons. The Bertz CT molecular complexity index is 276. The van der Waals surface area contributed by atoms with Crippen LogP contribution in [0.25, 0.3) is 0 Å². The van der Waals surface area contributed by atoms with Crippen molar-refractivity contribution in [3.8, 4) is 0 Å². The van der Waals surface area contributed by atoms with Crippen LogP contribution in [0.4, 0.5) is 0 Å². The van der Waals surface area contributed by atoms with Gasteiger partial charge < -0.3 is 14.8 Å². The molecule has 0 aromatic rings. The first-order chi connectivity index (χ1) is 8.30. The van der Waals surface area contributed by atoms with Gasteiger partial charge in [0.2, 0.25) is 0 Å². The third-order valence-electron chi connectivity index (χ3n) is 1.99. The van der Waals surface area contributed by atoms with Gasteiger partial charge in [-0.3, -0.25) is 9.59 Å². The van der Waals surface area contributed by atoms with Crippen LogP contribution >= 0.6 is 11.6 Å². The van der Waals surface area contributed by atoms with E-state index in [1.165, 1.54) is 7.11 Å². The van der Waals surface area contributed by atoms with Gasteiger partial charge in [0.05, 0.1) is 13.5 Å². The Labute approximate surface area is 113 Å². The van der Waals surface area contributed by atoms with Crippen LogP contribution in [0.3, 0.4) is 0 Å². The molecular formula is C12H22ClNO4. The zero-order valence-corrected chi connectivity index (χ0v) is 12.2. The number of halogens is 1. The van der Waals surface area contributed by atoms with Crippen LogP contribution in [-0.4, -0.2) is 43.1 Å². The van der Waals surface area contributed by atoms with Crippen molar-refractivity contribution >= 4 is 23.5 Å². The molecule has 0 saturated carbocycles. The third-order valence-corrected chi connectivity index (χ3v) is 2.26. The quantitative estimate of drug-likeness (QED) is 0.434. The Morgan fingerprint density at radius 2 is 1.94 bits per heavy atom. The monoisotopic (exact) mass is 279 g/mol. The van der Waals surface area contributed by atoms with Crippen LogP contribution in [0.2, 0.25) is 0 Å². The van der Waals surface area contributed by atoms with E-state index in [1.807, 2.05) is 0 Å². The topological polar surface area (TPSA) is 64.6 Å². The second kappa shape index (κ2) is 8.32. The fraction of sp³-hybridized carbons (Fsp3) is 0.833. The number of ether oxygens (including phenoxy) is 2. The average Bonchev–Trinajstić information content (AvgIpc) is 2.25. The number of esters is 2. The Morgan fingerprint density at radius 3 is 2.39 bits per heavy atom. The third kappa shape index (κ3) is 8.31. The summed E-state index contributed by atoms with van der Waals surface area (Å²) in [6, 6.07) is -0.695. The summed E-state index contributed by atoms with van der Waals surface area (Å²) in [5, 5.41) is 2.95. The summed E-state index contributed by atoms with van der Waals surface area (Å²) in [7, 11) is 1.28. The summed E-state index contributed by atoms with van der Waals surface area (Å²) in [5.74, 6) is -0.418. The smallest absolute Gasteiger partial charge is 0.324 e. The van der Waals surface area contributed by atoms with Crippen LogP contribution in [0.15, 0.2) is 0 Å². The molecule has 0 bridgehead atoms. The minimum absolute atomic E-state index is 0.0479. The van der Waals surface area contributed by atoms with E-state index in [9.17, 15) is 9.59 Å². The van der Waals surface area contributed by atoms with Gasteiger partial charge in [-0.05, 0) is 33.7 Å². The minimum Gasteiger partial charge on any atom is -0.469 e. The van der Waals surface area contributed by atoms with E-state index in [0.717, 1.165) is 0 Å². The molecule has 0 saturated heterocycles. The van der Waals surface area contributed by atoms with E-state index >= 15 is 0 Å². The van der Waals surface area contributed by atoms with Crippen molar-refractivity contribution in [1.29, 1.82) is 0 Å². The normalized spacial score (nSPS) is 12.9. The predicted molar refractivity (Wildman–Crippen MR) is 69.6 cm³/mol. The highest BCUT2D eigenvalue weighted by Crippen LogP contribution is 2.10. The highest BCUT2D eigenvalue weighted by Gasteiger charge is 2.27.